The number of ether oxygens (including phenoxy) is 1. The van der Waals surface area contributed by atoms with E-state index >= 15 is 0 Å². The number of nitrogens with zero attached hydrogens (tertiary/aromatic N) is 3. The smallest absolute Gasteiger partial charge is 0.241 e. The average Bonchev–Trinajstić information content (AvgIpc) is 3.16. The van der Waals surface area contributed by atoms with E-state index in [4.69, 9.17) is 20.9 Å². The number of hydrogen-bond donors (Lipinski definition) is 1. The normalized spacial score (nSPS) is 10.9. The maximum absolute atomic E-state index is 12.3. The molecule has 1 N–H and O–H groups in total. The van der Waals surface area contributed by atoms with E-state index in [2.05, 4.69) is 15.5 Å². The lowest BCUT2D eigenvalue weighted by Crippen LogP contribution is -2.32. The van der Waals surface area contributed by atoms with Crippen molar-refractivity contribution in [3.8, 4) is 17.1 Å². The third-order valence-corrected chi connectivity index (χ3v) is 4.33. The first-order valence-electron chi connectivity index (χ1n) is 8.82. The first kappa shape index (κ1) is 19.9. The average molecular weight is 401 g/mol. The molecule has 0 aliphatic rings. The monoisotopic (exact) mass is 400 g/mol. The van der Waals surface area contributed by atoms with Gasteiger partial charge >= 0.3 is 0 Å². The number of carbonyl (C=O) groups is 1. The van der Waals surface area contributed by atoms with Gasteiger partial charge in [0, 0.05) is 16.3 Å². The van der Waals surface area contributed by atoms with Crippen LogP contribution in [0.2, 0.25) is 5.02 Å². The van der Waals surface area contributed by atoms with E-state index in [1.807, 2.05) is 24.0 Å². The van der Waals surface area contributed by atoms with E-state index in [1.165, 1.54) is 0 Å². The minimum absolute atomic E-state index is 0.124. The largest absolute Gasteiger partial charge is 0.497 e. The zero-order valence-corrected chi connectivity index (χ0v) is 16.4. The van der Waals surface area contributed by atoms with Crippen molar-refractivity contribution in [2.24, 2.45) is 0 Å². The van der Waals surface area contributed by atoms with Crippen molar-refractivity contribution in [2.75, 3.05) is 25.5 Å². The maximum atomic E-state index is 12.3. The standard InChI is InChI=1S/C20H21ClN4O3/c1-3-25(12-18(26)22-16-7-9-17(27-2)10-8-16)13-19-23-20(24-28-19)14-5-4-6-15(21)11-14/h4-11H,3,12-13H2,1-2H3,(H,22,26). The van der Waals surface area contributed by atoms with Crippen molar-refractivity contribution >= 4 is 23.2 Å². The fraction of sp³-hybridized carbons (Fsp3) is 0.250. The Hall–Kier alpha value is -2.90. The van der Waals surface area contributed by atoms with Gasteiger partial charge in [-0.15, -0.1) is 0 Å². The van der Waals surface area contributed by atoms with Gasteiger partial charge in [-0.3, -0.25) is 9.69 Å². The van der Waals surface area contributed by atoms with Gasteiger partial charge in [-0.1, -0.05) is 35.8 Å². The van der Waals surface area contributed by atoms with E-state index in [0.717, 1.165) is 11.3 Å². The highest BCUT2D eigenvalue weighted by molar-refractivity contribution is 6.30. The Labute approximate surface area is 168 Å². The fourth-order valence-corrected chi connectivity index (χ4v) is 2.80. The second-order valence-corrected chi connectivity index (χ2v) is 6.54. The number of aromatic nitrogens is 2. The molecule has 0 saturated carbocycles. The predicted molar refractivity (Wildman–Crippen MR) is 107 cm³/mol. The molecule has 2 aromatic carbocycles. The minimum atomic E-state index is -0.124. The number of benzene rings is 2. The van der Waals surface area contributed by atoms with Crippen molar-refractivity contribution in [3.63, 3.8) is 0 Å². The molecule has 0 radical (unpaired) electrons. The molecule has 146 valence electrons. The molecule has 1 aromatic heterocycles. The van der Waals surface area contributed by atoms with Gasteiger partial charge < -0.3 is 14.6 Å². The first-order chi connectivity index (χ1) is 13.6. The molecule has 0 bridgehead atoms. The van der Waals surface area contributed by atoms with Crippen LogP contribution in [0.5, 0.6) is 5.75 Å². The van der Waals surface area contributed by atoms with Crippen molar-refractivity contribution in [1.82, 2.24) is 15.0 Å². The van der Waals surface area contributed by atoms with E-state index < -0.39 is 0 Å². The van der Waals surface area contributed by atoms with E-state index in [0.29, 0.717) is 35.5 Å². The van der Waals surface area contributed by atoms with Gasteiger partial charge in [0.25, 0.3) is 0 Å². The summed E-state index contributed by atoms with van der Waals surface area (Å²) in [4.78, 5) is 18.6. The number of carbonyl (C=O) groups excluding carboxylic acids is 1. The fourth-order valence-electron chi connectivity index (χ4n) is 2.61. The van der Waals surface area contributed by atoms with Crippen LogP contribution in [0.4, 0.5) is 5.69 Å². The molecule has 0 spiro atoms. The SMILES string of the molecule is CCN(CC(=O)Nc1ccc(OC)cc1)Cc1nc(-c2cccc(Cl)c2)no1. The highest BCUT2D eigenvalue weighted by Gasteiger charge is 2.15. The second-order valence-electron chi connectivity index (χ2n) is 6.10. The Morgan fingerprint density at radius 2 is 2.04 bits per heavy atom. The Morgan fingerprint density at radius 3 is 2.71 bits per heavy atom. The Balaban J connectivity index is 1.58. The molecule has 0 fully saturated rings. The molecule has 0 atom stereocenters. The van der Waals surface area contributed by atoms with Gasteiger partial charge in [-0.2, -0.15) is 4.98 Å². The lowest BCUT2D eigenvalue weighted by molar-refractivity contribution is -0.117. The molecule has 8 heteroatoms. The number of likely N-dealkylation sites (N-methyl/N-ethyl adjacent to an activating group) is 1. The molecule has 1 amide bonds. The summed E-state index contributed by atoms with van der Waals surface area (Å²) in [6.45, 7) is 3.21. The second kappa shape index (κ2) is 9.34. The number of rotatable bonds is 8. The molecule has 0 unspecified atom stereocenters. The van der Waals surface area contributed by atoms with Crippen molar-refractivity contribution in [3.05, 3.63) is 59.4 Å². The summed E-state index contributed by atoms with van der Waals surface area (Å²) < 4.78 is 10.4. The molecule has 28 heavy (non-hydrogen) atoms. The van der Waals surface area contributed by atoms with Crippen LogP contribution in [0.1, 0.15) is 12.8 Å². The third kappa shape index (κ3) is 5.31. The highest BCUT2D eigenvalue weighted by Crippen LogP contribution is 2.20. The summed E-state index contributed by atoms with van der Waals surface area (Å²) >= 11 is 6.00. The van der Waals surface area contributed by atoms with Gasteiger partial charge in [0.05, 0.1) is 20.2 Å². The van der Waals surface area contributed by atoms with Gasteiger partial charge in [0.1, 0.15) is 5.75 Å². The van der Waals surface area contributed by atoms with Crippen LogP contribution in [-0.4, -0.2) is 41.1 Å². The van der Waals surface area contributed by atoms with Gasteiger partial charge in [0.2, 0.25) is 17.6 Å². The molecule has 7 nitrogen and oxygen atoms in total. The third-order valence-electron chi connectivity index (χ3n) is 4.10. The van der Waals surface area contributed by atoms with Crippen LogP contribution in [0.25, 0.3) is 11.4 Å². The zero-order chi connectivity index (χ0) is 19.9. The number of methoxy groups -OCH3 is 1. The van der Waals surface area contributed by atoms with Crippen molar-refractivity contribution in [1.29, 1.82) is 0 Å². The predicted octanol–water partition coefficient (Wildman–Crippen LogP) is 3.86. The number of hydrogen-bond acceptors (Lipinski definition) is 6. The zero-order valence-electron chi connectivity index (χ0n) is 15.7. The van der Waals surface area contributed by atoms with Crippen molar-refractivity contribution < 1.29 is 14.1 Å². The van der Waals surface area contributed by atoms with Crippen LogP contribution in [0.15, 0.2) is 53.1 Å². The van der Waals surface area contributed by atoms with Gasteiger partial charge in [-0.25, -0.2) is 0 Å². The van der Waals surface area contributed by atoms with Crippen LogP contribution in [0.3, 0.4) is 0 Å². The van der Waals surface area contributed by atoms with Gasteiger partial charge in [0.15, 0.2) is 0 Å². The molecule has 0 aliphatic heterocycles. The Kier molecular flexibility index (Phi) is 6.62. The number of amides is 1. The molecule has 0 aliphatic carbocycles. The van der Waals surface area contributed by atoms with Crippen LogP contribution in [0, 0.1) is 0 Å². The maximum Gasteiger partial charge on any atom is 0.241 e. The van der Waals surface area contributed by atoms with Crippen LogP contribution < -0.4 is 10.1 Å². The number of halogens is 1. The molecule has 3 rings (SSSR count). The summed E-state index contributed by atoms with van der Waals surface area (Å²) in [5.74, 6) is 1.52. The minimum Gasteiger partial charge on any atom is -0.497 e. The van der Waals surface area contributed by atoms with E-state index in [-0.39, 0.29) is 12.5 Å². The lowest BCUT2D eigenvalue weighted by Gasteiger charge is -2.17. The number of nitrogens with one attached hydrogen (secondary N) is 1. The molecule has 0 saturated heterocycles. The summed E-state index contributed by atoms with van der Waals surface area (Å²) in [5.41, 5.74) is 1.49. The quantitative estimate of drug-likeness (QED) is 0.618. The van der Waals surface area contributed by atoms with E-state index in [9.17, 15) is 4.79 Å². The van der Waals surface area contributed by atoms with Gasteiger partial charge in [-0.05, 0) is 42.9 Å². The summed E-state index contributed by atoms with van der Waals surface area (Å²) in [5, 5.41) is 7.46. The molecule has 1 heterocycles. The Bertz CT molecular complexity index is 927. The topological polar surface area (TPSA) is 80.5 Å². The summed E-state index contributed by atoms with van der Waals surface area (Å²) in [6, 6.07) is 14.4. The first-order valence-corrected chi connectivity index (χ1v) is 9.20. The summed E-state index contributed by atoms with van der Waals surface area (Å²) in [7, 11) is 1.60. The lowest BCUT2D eigenvalue weighted by atomic mass is 10.2. The van der Waals surface area contributed by atoms with Crippen LogP contribution in [-0.2, 0) is 11.3 Å². The van der Waals surface area contributed by atoms with Crippen molar-refractivity contribution in [2.45, 2.75) is 13.5 Å². The Morgan fingerprint density at radius 1 is 1.25 bits per heavy atom. The molecule has 3 aromatic rings. The highest BCUT2D eigenvalue weighted by atomic mass is 35.5. The molecular formula is C20H21ClN4O3. The van der Waals surface area contributed by atoms with Crippen LogP contribution >= 0.6 is 11.6 Å². The summed E-state index contributed by atoms with van der Waals surface area (Å²) in [6.07, 6.45) is 0. The molecular weight excluding hydrogens is 380 g/mol. The van der Waals surface area contributed by atoms with E-state index in [1.54, 1.807) is 43.5 Å². The number of anilines is 1.